The molecule has 0 saturated carbocycles. The lowest BCUT2D eigenvalue weighted by atomic mass is 9.85. The number of anilines is 2. The van der Waals surface area contributed by atoms with Gasteiger partial charge in [-0.3, -0.25) is 0 Å². The van der Waals surface area contributed by atoms with Gasteiger partial charge in [0.05, 0.1) is 11.4 Å². The van der Waals surface area contributed by atoms with Gasteiger partial charge < -0.3 is 20.9 Å². The van der Waals surface area contributed by atoms with E-state index < -0.39 is 0 Å². The van der Waals surface area contributed by atoms with Crippen molar-refractivity contribution in [2.75, 3.05) is 11.5 Å². The van der Waals surface area contributed by atoms with Crippen LogP contribution in [0.2, 0.25) is 0 Å². The van der Waals surface area contributed by atoms with E-state index in [0.717, 1.165) is 17.5 Å². The Bertz CT molecular complexity index is 1060. The second kappa shape index (κ2) is 10.6. The highest BCUT2D eigenvalue weighted by molar-refractivity contribution is 5.53. The predicted molar refractivity (Wildman–Crippen MR) is 135 cm³/mol. The maximum Gasteiger partial charge on any atom is 0.143 e. The standard InChI is InChI=1S/C29H30N2O2/c1-2-23(28(21-13-5-3-6-14-21)32-26-19-11-9-17-24(26)30)29(22-15-7-4-8-16-22)33-27-20-12-10-18-25(27)31/h3-20,23,28-29H,2,30-31H2,1H3. The van der Waals surface area contributed by atoms with Crippen molar-refractivity contribution in [3.8, 4) is 11.5 Å². The molecule has 0 spiro atoms. The summed E-state index contributed by atoms with van der Waals surface area (Å²) in [6.07, 6.45) is 0.255. The largest absolute Gasteiger partial charge is 0.483 e. The molecule has 4 N–H and O–H groups in total. The van der Waals surface area contributed by atoms with Gasteiger partial charge in [0.1, 0.15) is 23.7 Å². The summed E-state index contributed by atoms with van der Waals surface area (Å²) in [5, 5.41) is 0. The third-order valence-corrected chi connectivity index (χ3v) is 5.85. The minimum atomic E-state index is -0.281. The van der Waals surface area contributed by atoms with E-state index in [4.69, 9.17) is 20.9 Å². The van der Waals surface area contributed by atoms with Crippen LogP contribution in [0.5, 0.6) is 11.5 Å². The molecule has 4 heteroatoms. The predicted octanol–water partition coefficient (Wildman–Crippen LogP) is 6.82. The zero-order valence-electron chi connectivity index (χ0n) is 18.8. The molecular weight excluding hydrogens is 408 g/mol. The van der Waals surface area contributed by atoms with Gasteiger partial charge in [-0.1, -0.05) is 91.9 Å². The molecule has 0 fully saturated rings. The smallest absolute Gasteiger partial charge is 0.143 e. The highest BCUT2D eigenvalue weighted by Gasteiger charge is 2.34. The molecule has 4 nitrogen and oxygen atoms in total. The summed E-state index contributed by atoms with van der Waals surface area (Å²) in [6, 6.07) is 35.7. The number of nitrogens with two attached hydrogens (primary N) is 2. The van der Waals surface area contributed by atoms with E-state index >= 15 is 0 Å². The van der Waals surface area contributed by atoms with Crippen LogP contribution in [0.25, 0.3) is 0 Å². The van der Waals surface area contributed by atoms with Crippen LogP contribution in [0.4, 0.5) is 11.4 Å². The molecule has 0 saturated heterocycles. The first-order valence-corrected chi connectivity index (χ1v) is 11.3. The summed E-state index contributed by atoms with van der Waals surface area (Å²) < 4.78 is 13.2. The van der Waals surface area contributed by atoms with Crippen LogP contribution in [0, 0.1) is 5.92 Å². The SMILES string of the molecule is CCC(C(Oc1ccccc1N)c1ccccc1)C(Oc1ccccc1N)c1ccccc1. The summed E-state index contributed by atoms with van der Waals surface area (Å²) in [4.78, 5) is 0. The normalized spacial score (nSPS) is 13.6. The maximum atomic E-state index is 6.62. The van der Waals surface area contributed by atoms with E-state index in [1.165, 1.54) is 0 Å². The molecule has 0 aliphatic carbocycles. The van der Waals surface area contributed by atoms with Crippen molar-refractivity contribution in [2.24, 2.45) is 5.92 Å². The Balaban J connectivity index is 1.78. The molecule has 0 aliphatic heterocycles. The van der Waals surface area contributed by atoms with Gasteiger partial charge in [-0.25, -0.2) is 0 Å². The van der Waals surface area contributed by atoms with E-state index in [0.29, 0.717) is 22.9 Å². The molecule has 0 aromatic heterocycles. The third-order valence-electron chi connectivity index (χ3n) is 5.85. The Morgan fingerprint density at radius 2 is 0.909 bits per heavy atom. The second-order valence-electron chi connectivity index (χ2n) is 8.05. The van der Waals surface area contributed by atoms with Crippen LogP contribution in [-0.2, 0) is 0 Å². The van der Waals surface area contributed by atoms with Crippen molar-refractivity contribution in [1.29, 1.82) is 0 Å². The van der Waals surface area contributed by atoms with Crippen LogP contribution in [0.3, 0.4) is 0 Å². The lowest BCUT2D eigenvalue weighted by Crippen LogP contribution is -2.28. The topological polar surface area (TPSA) is 70.5 Å². The van der Waals surface area contributed by atoms with Gasteiger partial charge in [-0.2, -0.15) is 0 Å². The first-order valence-electron chi connectivity index (χ1n) is 11.3. The highest BCUT2D eigenvalue weighted by Crippen LogP contribution is 2.42. The van der Waals surface area contributed by atoms with Gasteiger partial charge in [-0.15, -0.1) is 0 Å². The summed E-state index contributed by atoms with van der Waals surface area (Å²) in [5.41, 5.74) is 15.8. The van der Waals surface area contributed by atoms with E-state index in [9.17, 15) is 0 Å². The van der Waals surface area contributed by atoms with Crippen LogP contribution in [0.15, 0.2) is 109 Å². The molecule has 2 unspecified atom stereocenters. The van der Waals surface area contributed by atoms with Gasteiger partial charge in [0.25, 0.3) is 0 Å². The van der Waals surface area contributed by atoms with Crippen LogP contribution in [-0.4, -0.2) is 0 Å². The Morgan fingerprint density at radius 3 is 1.27 bits per heavy atom. The summed E-state index contributed by atoms with van der Waals surface area (Å²) in [7, 11) is 0. The molecule has 0 heterocycles. The molecule has 4 aromatic carbocycles. The number of nitrogen functional groups attached to an aromatic ring is 2. The summed E-state index contributed by atoms with van der Waals surface area (Å²) in [6.45, 7) is 2.16. The van der Waals surface area contributed by atoms with E-state index in [1.54, 1.807) is 0 Å². The molecule has 2 atom stereocenters. The minimum Gasteiger partial charge on any atom is -0.483 e. The zero-order valence-corrected chi connectivity index (χ0v) is 18.8. The highest BCUT2D eigenvalue weighted by atomic mass is 16.5. The maximum absolute atomic E-state index is 6.62. The van der Waals surface area contributed by atoms with E-state index in [-0.39, 0.29) is 18.1 Å². The number of hydrogen-bond acceptors (Lipinski definition) is 4. The first kappa shape index (κ1) is 22.3. The Morgan fingerprint density at radius 1 is 0.545 bits per heavy atom. The molecule has 0 radical (unpaired) electrons. The molecule has 33 heavy (non-hydrogen) atoms. The molecule has 0 aliphatic rings. The molecule has 4 rings (SSSR count). The number of benzene rings is 4. The molecule has 168 valence electrons. The lowest BCUT2D eigenvalue weighted by molar-refractivity contribution is 0.0366. The zero-order chi connectivity index (χ0) is 23.0. The Kier molecular flexibility index (Phi) is 7.16. The van der Waals surface area contributed by atoms with Crippen LogP contribution in [0.1, 0.15) is 36.7 Å². The van der Waals surface area contributed by atoms with Gasteiger partial charge in [-0.05, 0) is 41.8 Å². The number of rotatable bonds is 9. The molecule has 4 aromatic rings. The average Bonchev–Trinajstić information content (AvgIpc) is 2.86. The van der Waals surface area contributed by atoms with Crippen molar-refractivity contribution in [2.45, 2.75) is 25.6 Å². The summed E-state index contributed by atoms with van der Waals surface area (Å²) >= 11 is 0. The fraction of sp³-hybridized carbons (Fsp3) is 0.172. The second-order valence-corrected chi connectivity index (χ2v) is 8.05. The van der Waals surface area contributed by atoms with E-state index in [2.05, 4.69) is 31.2 Å². The lowest BCUT2D eigenvalue weighted by Gasteiger charge is -2.34. The average molecular weight is 439 g/mol. The van der Waals surface area contributed by atoms with Crippen molar-refractivity contribution in [3.05, 3.63) is 120 Å². The van der Waals surface area contributed by atoms with Crippen LogP contribution >= 0.6 is 0 Å². The van der Waals surface area contributed by atoms with E-state index in [1.807, 2.05) is 84.9 Å². The first-order chi connectivity index (χ1) is 16.2. The van der Waals surface area contributed by atoms with Gasteiger partial charge in [0.15, 0.2) is 0 Å². The Hall–Kier alpha value is -3.92. The fourth-order valence-corrected chi connectivity index (χ4v) is 4.13. The van der Waals surface area contributed by atoms with Gasteiger partial charge >= 0.3 is 0 Å². The fourth-order valence-electron chi connectivity index (χ4n) is 4.13. The molecule has 0 bridgehead atoms. The van der Waals surface area contributed by atoms with Crippen molar-refractivity contribution in [1.82, 2.24) is 0 Å². The Labute approximate surface area is 195 Å². The summed E-state index contributed by atoms with van der Waals surface area (Å²) in [5.74, 6) is 1.31. The van der Waals surface area contributed by atoms with Gasteiger partial charge in [0.2, 0.25) is 0 Å². The minimum absolute atomic E-state index is 0.0194. The quantitative estimate of drug-likeness (QED) is 0.281. The van der Waals surface area contributed by atoms with Crippen LogP contribution < -0.4 is 20.9 Å². The third kappa shape index (κ3) is 5.29. The van der Waals surface area contributed by atoms with Gasteiger partial charge in [0, 0.05) is 5.92 Å². The number of para-hydroxylation sites is 4. The van der Waals surface area contributed by atoms with Crippen molar-refractivity contribution in [3.63, 3.8) is 0 Å². The molecular formula is C29H30N2O2. The van der Waals surface area contributed by atoms with Crippen molar-refractivity contribution < 1.29 is 9.47 Å². The van der Waals surface area contributed by atoms with Crippen molar-refractivity contribution >= 4 is 11.4 Å². The molecule has 0 amide bonds. The monoisotopic (exact) mass is 438 g/mol. The number of hydrogen-bond donors (Lipinski definition) is 2. The number of ether oxygens (including phenoxy) is 2.